The van der Waals surface area contributed by atoms with Crippen LogP contribution in [0, 0.1) is 0 Å². The Kier molecular flexibility index (Phi) is 3.82. The van der Waals surface area contributed by atoms with Crippen molar-refractivity contribution in [3.8, 4) is 11.5 Å². The van der Waals surface area contributed by atoms with Gasteiger partial charge in [-0.25, -0.2) is 0 Å². The monoisotopic (exact) mass is 345 g/mol. The van der Waals surface area contributed by atoms with Crippen molar-refractivity contribution in [3.05, 3.63) is 58.1 Å². The molecule has 0 saturated heterocycles. The number of hydrogen-bond acceptors (Lipinski definition) is 4. The number of benzene rings is 2. The van der Waals surface area contributed by atoms with Gasteiger partial charge in [0.1, 0.15) is 0 Å². The van der Waals surface area contributed by atoms with Crippen LogP contribution in [0.15, 0.2) is 36.4 Å². The predicted molar refractivity (Wildman–Crippen MR) is 88.6 cm³/mol. The molecule has 0 aliphatic carbocycles. The normalized spacial score (nSPS) is 18.4. The molecule has 124 valence electrons. The highest BCUT2D eigenvalue weighted by molar-refractivity contribution is 6.30. The third-order valence-corrected chi connectivity index (χ3v) is 4.73. The van der Waals surface area contributed by atoms with E-state index in [9.17, 15) is 9.90 Å². The van der Waals surface area contributed by atoms with Crippen LogP contribution in [0.4, 0.5) is 0 Å². The molecule has 0 bridgehead atoms. The van der Waals surface area contributed by atoms with Gasteiger partial charge in [-0.05, 0) is 47.9 Å². The molecule has 2 aliphatic rings. The van der Waals surface area contributed by atoms with Crippen molar-refractivity contribution in [1.29, 1.82) is 0 Å². The van der Waals surface area contributed by atoms with Crippen molar-refractivity contribution in [3.63, 3.8) is 0 Å². The van der Waals surface area contributed by atoms with Crippen molar-refractivity contribution in [2.75, 3.05) is 19.9 Å². The molecule has 0 aromatic heterocycles. The molecule has 6 heteroatoms. The number of aliphatic hydroxyl groups is 1. The minimum Gasteiger partial charge on any atom is -0.454 e. The van der Waals surface area contributed by atoms with E-state index in [0.717, 1.165) is 16.9 Å². The molecular formula is C18H16ClNO4. The van der Waals surface area contributed by atoms with E-state index in [0.29, 0.717) is 29.3 Å². The van der Waals surface area contributed by atoms with Gasteiger partial charge in [-0.1, -0.05) is 17.7 Å². The molecule has 0 radical (unpaired) electrons. The first-order chi connectivity index (χ1) is 11.7. The van der Waals surface area contributed by atoms with Crippen molar-refractivity contribution in [1.82, 2.24) is 4.90 Å². The Hall–Kier alpha value is -2.24. The number of carbonyl (C=O) groups excluding carboxylic acids is 1. The maximum atomic E-state index is 12.9. The van der Waals surface area contributed by atoms with Gasteiger partial charge in [0, 0.05) is 17.1 Å². The second kappa shape index (κ2) is 6.00. The molecular weight excluding hydrogens is 330 g/mol. The van der Waals surface area contributed by atoms with E-state index in [1.165, 1.54) is 0 Å². The SMILES string of the molecule is O=C(c1cccc(Cl)c1)N1CCc2cc3c(cc2C1CO)OCO3. The van der Waals surface area contributed by atoms with E-state index in [-0.39, 0.29) is 19.3 Å². The third kappa shape index (κ3) is 2.50. The Morgan fingerprint density at radius 3 is 2.79 bits per heavy atom. The zero-order chi connectivity index (χ0) is 16.7. The fourth-order valence-electron chi connectivity index (χ4n) is 3.32. The lowest BCUT2D eigenvalue weighted by atomic mass is 9.91. The first-order valence-corrected chi connectivity index (χ1v) is 8.15. The van der Waals surface area contributed by atoms with Crippen molar-refractivity contribution < 1.29 is 19.4 Å². The molecule has 24 heavy (non-hydrogen) atoms. The average molecular weight is 346 g/mol. The van der Waals surface area contributed by atoms with Gasteiger partial charge in [-0.15, -0.1) is 0 Å². The topological polar surface area (TPSA) is 59.0 Å². The molecule has 0 spiro atoms. The molecule has 0 fully saturated rings. The molecule has 1 unspecified atom stereocenters. The molecule has 1 N–H and O–H groups in total. The van der Waals surface area contributed by atoms with Crippen LogP contribution in [0.1, 0.15) is 27.5 Å². The Balaban J connectivity index is 1.70. The van der Waals surface area contributed by atoms with Gasteiger partial charge in [-0.3, -0.25) is 4.79 Å². The minimum atomic E-state index is -0.408. The van der Waals surface area contributed by atoms with Gasteiger partial charge >= 0.3 is 0 Å². The summed E-state index contributed by atoms with van der Waals surface area (Å²) in [7, 11) is 0. The summed E-state index contributed by atoms with van der Waals surface area (Å²) < 4.78 is 10.8. The Labute approximate surface area is 144 Å². The number of hydrogen-bond donors (Lipinski definition) is 1. The van der Waals surface area contributed by atoms with E-state index < -0.39 is 6.04 Å². The highest BCUT2D eigenvalue weighted by Crippen LogP contribution is 2.40. The van der Waals surface area contributed by atoms with E-state index in [1.807, 2.05) is 12.1 Å². The summed E-state index contributed by atoms with van der Waals surface area (Å²) >= 11 is 5.99. The molecule has 2 heterocycles. The number of ether oxygens (including phenoxy) is 2. The first-order valence-electron chi connectivity index (χ1n) is 7.77. The maximum absolute atomic E-state index is 12.9. The zero-order valence-corrected chi connectivity index (χ0v) is 13.6. The number of aliphatic hydroxyl groups excluding tert-OH is 1. The largest absolute Gasteiger partial charge is 0.454 e. The smallest absolute Gasteiger partial charge is 0.254 e. The lowest BCUT2D eigenvalue weighted by molar-refractivity contribution is 0.0568. The molecule has 2 aliphatic heterocycles. The second-order valence-electron chi connectivity index (χ2n) is 5.86. The predicted octanol–water partition coefficient (Wildman–Crippen LogP) is 2.80. The molecule has 5 nitrogen and oxygen atoms in total. The van der Waals surface area contributed by atoms with E-state index in [2.05, 4.69) is 0 Å². The van der Waals surface area contributed by atoms with E-state index in [4.69, 9.17) is 21.1 Å². The van der Waals surface area contributed by atoms with Crippen molar-refractivity contribution in [2.45, 2.75) is 12.5 Å². The second-order valence-corrected chi connectivity index (χ2v) is 6.30. The van der Waals surface area contributed by atoms with Crippen LogP contribution in [0.25, 0.3) is 0 Å². The molecule has 2 aromatic carbocycles. The molecule has 0 saturated carbocycles. The lowest BCUT2D eigenvalue weighted by Gasteiger charge is -2.36. The Morgan fingerprint density at radius 1 is 1.25 bits per heavy atom. The summed E-state index contributed by atoms with van der Waals surface area (Å²) in [6.45, 7) is 0.579. The quantitative estimate of drug-likeness (QED) is 0.909. The lowest BCUT2D eigenvalue weighted by Crippen LogP contribution is -2.41. The summed E-state index contributed by atoms with van der Waals surface area (Å²) in [5, 5.41) is 10.4. The van der Waals surface area contributed by atoms with Gasteiger partial charge < -0.3 is 19.5 Å². The van der Waals surface area contributed by atoms with E-state index in [1.54, 1.807) is 29.2 Å². The van der Waals surface area contributed by atoms with Crippen LogP contribution in [0.2, 0.25) is 5.02 Å². The average Bonchev–Trinajstić information content (AvgIpc) is 3.05. The van der Waals surface area contributed by atoms with Gasteiger partial charge in [0.15, 0.2) is 11.5 Å². The molecule has 1 amide bonds. The van der Waals surface area contributed by atoms with Gasteiger partial charge in [0.05, 0.1) is 12.6 Å². The molecule has 4 rings (SSSR count). The summed E-state index contributed by atoms with van der Waals surface area (Å²) in [5.74, 6) is 1.24. The van der Waals surface area contributed by atoms with E-state index >= 15 is 0 Å². The number of halogens is 1. The number of nitrogens with zero attached hydrogens (tertiary/aromatic N) is 1. The summed E-state index contributed by atoms with van der Waals surface area (Å²) in [5.41, 5.74) is 2.50. The zero-order valence-electron chi connectivity index (χ0n) is 12.9. The van der Waals surface area contributed by atoms with Gasteiger partial charge in [-0.2, -0.15) is 0 Å². The Bertz CT molecular complexity index is 808. The van der Waals surface area contributed by atoms with Crippen molar-refractivity contribution in [2.24, 2.45) is 0 Å². The van der Waals surface area contributed by atoms with Crippen LogP contribution in [-0.2, 0) is 6.42 Å². The van der Waals surface area contributed by atoms with Crippen LogP contribution >= 0.6 is 11.6 Å². The van der Waals surface area contributed by atoms with Gasteiger partial charge in [0.2, 0.25) is 6.79 Å². The molecule has 1 atom stereocenters. The maximum Gasteiger partial charge on any atom is 0.254 e. The summed E-state index contributed by atoms with van der Waals surface area (Å²) in [4.78, 5) is 14.6. The van der Waals surface area contributed by atoms with Crippen LogP contribution < -0.4 is 9.47 Å². The van der Waals surface area contributed by atoms with Crippen LogP contribution in [0.3, 0.4) is 0 Å². The highest BCUT2D eigenvalue weighted by Gasteiger charge is 2.33. The van der Waals surface area contributed by atoms with Gasteiger partial charge in [0.25, 0.3) is 5.91 Å². The number of amides is 1. The van der Waals surface area contributed by atoms with Crippen LogP contribution in [0.5, 0.6) is 11.5 Å². The molecule has 2 aromatic rings. The van der Waals surface area contributed by atoms with Crippen LogP contribution in [-0.4, -0.2) is 35.9 Å². The number of rotatable bonds is 2. The number of fused-ring (bicyclic) bond motifs is 2. The minimum absolute atomic E-state index is 0.139. The number of carbonyl (C=O) groups is 1. The summed E-state index contributed by atoms with van der Waals surface area (Å²) in [6.07, 6.45) is 0.703. The standard InChI is InChI=1S/C18H16ClNO4/c19-13-3-1-2-12(6-13)18(22)20-5-4-11-7-16-17(24-10-23-16)8-14(11)15(20)9-21/h1-3,6-8,15,21H,4-5,9-10H2. The third-order valence-electron chi connectivity index (χ3n) is 4.50. The Morgan fingerprint density at radius 2 is 2.04 bits per heavy atom. The highest BCUT2D eigenvalue weighted by atomic mass is 35.5. The first kappa shape index (κ1) is 15.3. The van der Waals surface area contributed by atoms with Crippen molar-refractivity contribution >= 4 is 17.5 Å². The fourth-order valence-corrected chi connectivity index (χ4v) is 3.51. The fraction of sp³-hybridized carbons (Fsp3) is 0.278. The summed E-state index contributed by atoms with van der Waals surface area (Å²) in [6, 6.07) is 10.3.